The molecule has 1 aliphatic heterocycles. The number of nitrogens with one attached hydrogen (secondary N) is 2. The van der Waals surface area contributed by atoms with E-state index in [-0.39, 0.29) is 5.91 Å². The lowest BCUT2D eigenvalue weighted by molar-refractivity contribution is 0.102. The normalized spacial score (nSPS) is 14.9. The highest BCUT2D eigenvalue weighted by Gasteiger charge is 2.17. The van der Waals surface area contributed by atoms with Gasteiger partial charge in [-0.2, -0.15) is 5.10 Å². The Bertz CT molecular complexity index is 926. The summed E-state index contributed by atoms with van der Waals surface area (Å²) in [5.74, 6) is 0.914. The van der Waals surface area contributed by atoms with E-state index in [1.165, 1.54) is 5.56 Å². The molecule has 3 heterocycles. The van der Waals surface area contributed by atoms with Gasteiger partial charge in [-0.15, -0.1) is 0 Å². The summed E-state index contributed by atoms with van der Waals surface area (Å²) in [6.45, 7) is 4.02. The zero-order valence-corrected chi connectivity index (χ0v) is 15.4. The molecule has 3 aromatic rings. The van der Waals surface area contributed by atoms with Crippen LogP contribution < -0.4 is 10.6 Å². The van der Waals surface area contributed by atoms with Gasteiger partial charge in [0.2, 0.25) is 0 Å². The molecule has 1 amide bonds. The number of anilines is 1. The maximum atomic E-state index is 12.8. The second-order valence-electron chi connectivity index (χ2n) is 6.87. The summed E-state index contributed by atoms with van der Waals surface area (Å²) in [5.41, 5.74) is 3.45. The molecule has 2 aromatic heterocycles. The number of aromatic nitrogens is 3. The highest BCUT2D eigenvalue weighted by molar-refractivity contribution is 6.06. The lowest BCUT2D eigenvalue weighted by Crippen LogP contribution is -2.26. The van der Waals surface area contributed by atoms with Gasteiger partial charge in [-0.1, -0.05) is 18.2 Å². The molecule has 6 heteroatoms. The molecule has 4 rings (SSSR count). The van der Waals surface area contributed by atoms with Crippen molar-refractivity contribution in [1.29, 1.82) is 0 Å². The molecule has 0 spiro atoms. The molecule has 0 aliphatic carbocycles. The Hall–Kier alpha value is -2.99. The van der Waals surface area contributed by atoms with Crippen LogP contribution in [0.4, 0.5) is 5.82 Å². The number of para-hydroxylation sites is 1. The molecule has 138 valence electrons. The molecule has 0 atom stereocenters. The van der Waals surface area contributed by atoms with E-state index in [0.29, 0.717) is 17.3 Å². The molecule has 2 N–H and O–H groups in total. The summed E-state index contributed by atoms with van der Waals surface area (Å²) in [6, 6.07) is 13.3. The van der Waals surface area contributed by atoms with Crippen LogP contribution in [0.5, 0.6) is 0 Å². The van der Waals surface area contributed by atoms with Gasteiger partial charge in [0.15, 0.2) is 0 Å². The van der Waals surface area contributed by atoms with Crippen LogP contribution in [-0.2, 0) is 0 Å². The highest BCUT2D eigenvalue weighted by Crippen LogP contribution is 2.25. The van der Waals surface area contributed by atoms with E-state index in [0.717, 1.165) is 37.3 Å². The van der Waals surface area contributed by atoms with Crippen molar-refractivity contribution in [2.24, 2.45) is 0 Å². The first-order chi connectivity index (χ1) is 13.2. The fraction of sp³-hybridized carbons (Fsp3) is 0.286. The van der Waals surface area contributed by atoms with E-state index >= 15 is 0 Å². The van der Waals surface area contributed by atoms with Crippen molar-refractivity contribution in [1.82, 2.24) is 20.1 Å². The van der Waals surface area contributed by atoms with Crippen LogP contribution in [0.3, 0.4) is 0 Å². The molecule has 1 aliphatic rings. The number of hydrogen-bond acceptors (Lipinski definition) is 4. The molecule has 1 saturated heterocycles. The molecule has 0 bridgehead atoms. The minimum absolute atomic E-state index is 0.194. The summed E-state index contributed by atoms with van der Waals surface area (Å²) < 4.78 is 1.72. The first-order valence-corrected chi connectivity index (χ1v) is 9.30. The molecule has 0 radical (unpaired) electrons. The number of benzene rings is 1. The van der Waals surface area contributed by atoms with E-state index in [2.05, 4.69) is 26.8 Å². The van der Waals surface area contributed by atoms with Gasteiger partial charge in [-0.3, -0.25) is 4.79 Å². The lowest BCUT2D eigenvalue weighted by Gasteiger charge is -2.22. The number of amides is 1. The third kappa shape index (κ3) is 3.90. The number of carbonyl (C=O) groups excluding carboxylic acids is 1. The number of aryl methyl sites for hydroxylation is 1. The largest absolute Gasteiger partial charge is 0.317 e. The minimum atomic E-state index is -0.194. The zero-order valence-electron chi connectivity index (χ0n) is 15.4. The number of nitrogens with zero attached hydrogens (tertiary/aromatic N) is 3. The monoisotopic (exact) mass is 361 g/mol. The molecular formula is C21H23N5O. The summed E-state index contributed by atoms with van der Waals surface area (Å²) in [4.78, 5) is 17.3. The maximum absolute atomic E-state index is 12.8. The average Bonchev–Trinajstić information content (AvgIpc) is 3.15. The molecule has 1 aromatic carbocycles. The molecule has 1 fully saturated rings. The Labute approximate surface area is 158 Å². The van der Waals surface area contributed by atoms with Gasteiger partial charge in [0, 0.05) is 12.4 Å². The van der Waals surface area contributed by atoms with Gasteiger partial charge >= 0.3 is 0 Å². The predicted octanol–water partition coefficient (Wildman–Crippen LogP) is 3.30. The van der Waals surface area contributed by atoms with Crippen LogP contribution in [0.2, 0.25) is 0 Å². The van der Waals surface area contributed by atoms with Crippen LogP contribution in [0.1, 0.15) is 40.4 Å². The topological polar surface area (TPSA) is 71.8 Å². The van der Waals surface area contributed by atoms with Gasteiger partial charge in [0.05, 0.1) is 16.9 Å². The first kappa shape index (κ1) is 17.4. The third-order valence-corrected chi connectivity index (χ3v) is 4.96. The van der Waals surface area contributed by atoms with E-state index in [9.17, 15) is 4.79 Å². The summed E-state index contributed by atoms with van der Waals surface area (Å²) in [7, 11) is 0. The SMILES string of the molecule is Cc1ccn(-c2ccccc2C(=O)Nc2ccc(C3CCNCC3)cn2)n1. The number of pyridine rings is 1. The summed E-state index contributed by atoms with van der Waals surface area (Å²) >= 11 is 0. The van der Waals surface area contributed by atoms with Gasteiger partial charge in [-0.05, 0) is 68.6 Å². The quantitative estimate of drug-likeness (QED) is 0.748. The van der Waals surface area contributed by atoms with Crippen molar-refractivity contribution in [3.63, 3.8) is 0 Å². The predicted molar refractivity (Wildman–Crippen MR) is 105 cm³/mol. The van der Waals surface area contributed by atoms with Crippen molar-refractivity contribution in [3.05, 3.63) is 71.7 Å². The van der Waals surface area contributed by atoms with Gasteiger partial charge in [0.25, 0.3) is 5.91 Å². The first-order valence-electron chi connectivity index (χ1n) is 9.30. The fourth-order valence-corrected chi connectivity index (χ4v) is 3.47. The van der Waals surface area contributed by atoms with Crippen LogP contribution in [0.25, 0.3) is 5.69 Å². The number of piperidine rings is 1. The smallest absolute Gasteiger partial charge is 0.259 e. The zero-order chi connectivity index (χ0) is 18.6. The van der Waals surface area contributed by atoms with E-state index < -0.39 is 0 Å². The van der Waals surface area contributed by atoms with Crippen molar-refractivity contribution < 1.29 is 4.79 Å². The Balaban J connectivity index is 1.51. The second-order valence-corrected chi connectivity index (χ2v) is 6.87. The summed E-state index contributed by atoms with van der Waals surface area (Å²) in [5, 5.41) is 10.7. The van der Waals surface area contributed by atoms with Crippen LogP contribution in [0.15, 0.2) is 54.9 Å². The summed E-state index contributed by atoms with van der Waals surface area (Å²) in [6.07, 6.45) is 6.00. The Morgan fingerprint density at radius 1 is 1.15 bits per heavy atom. The number of hydrogen-bond donors (Lipinski definition) is 2. The Morgan fingerprint density at radius 3 is 2.67 bits per heavy atom. The highest BCUT2D eigenvalue weighted by atomic mass is 16.1. The number of rotatable bonds is 4. The maximum Gasteiger partial charge on any atom is 0.259 e. The molecule has 0 saturated carbocycles. The average molecular weight is 361 g/mol. The van der Waals surface area contributed by atoms with Crippen molar-refractivity contribution in [2.45, 2.75) is 25.7 Å². The van der Waals surface area contributed by atoms with E-state index in [1.807, 2.05) is 49.6 Å². The standard InChI is InChI=1S/C21H23N5O/c1-15-10-13-26(25-15)19-5-3-2-4-18(19)21(27)24-20-7-6-17(14-23-20)16-8-11-22-12-9-16/h2-7,10,13-14,16,22H,8-9,11-12H2,1H3,(H,23,24,27). The van der Waals surface area contributed by atoms with Crippen molar-refractivity contribution >= 4 is 11.7 Å². The van der Waals surface area contributed by atoms with Crippen molar-refractivity contribution in [3.8, 4) is 5.69 Å². The minimum Gasteiger partial charge on any atom is -0.317 e. The van der Waals surface area contributed by atoms with E-state index in [1.54, 1.807) is 10.7 Å². The Kier molecular flexibility index (Phi) is 4.98. The molecule has 27 heavy (non-hydrogen) atoms. The molecule has 6 nitrogen and oxygen atoms in total. The van der Waals surface area contributed by atoms with Gasteiger partial charge in [0.1, 0.15) is 5.82 Å². The second kappa shape index (κ2) is 7.72. The van der Waals surface area contributed by atoms with Gasteiger partial charge in [-0.25, -0.2) is 9.67 Å². The third-order valence-electron chi connectivity index (χ3n) is 4.96. The fourth-order valence-electron chi connectivity index (χ4n) is 3.47. The van der Waals surface area contributed by atoms with Crippen LogP contribution in [0, 0.1) is 6.92 Å². The Morgan fingerprint density at radius 2 is 1.96 bits per heavy atom. The molecule has 0 unspecified atom stereocenters. The van der Waals surface area contributed by atoms with Crippen LogP contribution >= 0.6 is 0 Å². The van der Waals surface area contributed by atoms with Crippen molar-refractivity contribution in [2.75, 3.05) is 18.4 Å². The van der Waals surface area contributed by atoms with Gasteiger partial charge < -0.3 is 10.6 Å². The molecular weight excluding hydrogens is 338 g/mol. The van der Waals surface area contributed by atoms with E-state index in [4.69, 9.17) is 0 Å². The number of carbonyl (C=O) groups is 1. The lowest BCUT2D eigenvalue weighted by atomic mass is 9.91. The van der Waals surface area contributed by atoms with Crippen LogP contribution in [-0.4, -0.2) is 33.8 Å².